The normalized spacial score (nSPS) is 17.3. The van der Waals surface area contributed by atoms with Crippen LogP contribution in [0.3, 0.4) is 0 Å². The van der Waals surface area contributed by atoms with Gasteiger partial charge in [0.05, 0.1) is 6.10 Å². The Balaban J connectivity index is 3.16. The molecule has 3 nitrogen and oxygen atoms in total. The van der Waals surface area contributed by atoms with E-state index in [1.54, 1.807) is 6.92 Å². The van der Waals surface area contributed by atoms with Crippen LogP contribution in [0.15, 0.2) is 0 Å². The van der Waals surface area contributed by atoms with Crippen molar-refractivity contribution in [3.05, 3.63) is 0 Å². The molecule has 0 aliphatic rings. The zero-order valence-electron chi connectivity index (χ0n) is 5.75. The second-order valence-electron chi connectivity index (χ2n) is 2.29. The van der Waals surface area contributed by atoms with Crippen molar-refractivity contribution in [1.82, 2.24) is 0 Å². The molecule has 4 N–H and O–H groups in total. The van der Waals surface area contributed by atoms with E-state index in [2.05, 4.69) is 0 Å². The van der Waals surface area contributed by atoms with Crippen molar-refractivity contribution < 1.29 is 10.2 Å². The Labute approximate surface area is 55.5 Å². The van der Waals surface area contributed by atoms with Gasteiger partial charge in [0.1, 0.15) is 0 Å². The number of nitrogens with two attached hydrogens (primary N) is 1. The van der Waals surface area contributed by atoms with Crippen molar-refractivity contribution in [2.45, 2.75) is 31.9 Å². The van der Waals surface area contributed by atoms with Gasteiger partial charge < -0.3 is 15.9 Å². The van der Waals surface area contributed by atoms with Crippen LogP contribution in [0.1, 0.15) is 19.8 Å². The SMILES string of the molecule is CC(N)[C@@H](O)CCCO. The highest BCUT2D eigenvalue weighted by molar-refractivity contribution is 4.65. The topological polar surface area (TPSA) is 66.5 Å². The van der Waals surface area contributed by atoms with Crippen LogP contribution in [0.5, 0.6) is 0 Å². The average molecular weight is 133 g/mol. The molecule has 0 radical (unpaired) electrons. The summed E-state index contributed by atoms with van der Waals surface area (Å²) < 4.78 is 0. The summed E-state index contributed by atoms with van der Waals surface area (Å²) in [7, 11) is 0. The van der Waals surface area contributed by atoms with Crippen molar-refractivity contribution in [3.63, 3.8) is 0 Å². The van der Waals surface area contributed by atoms with E-state index < -0.39 is 6.10 Å². The molecule has 0 spiro atoms. The highest BCUT2D eigenvalue weighted by atomic mass is 16.3. The van der Waals surface area contributed by atoms with Crippen molar-refractivity contribution >= 4 is 0 Å². The van der Waals surface area contributed by atoms with Gasteiger partial charge in [-0.2, -0.15) is 0 Å². The zero-order valence-corrected chi connectivity index (χ0v) is 5.75. The fourth-order valence-corrected chi connectivity index (χ4v) is 0.563. The summed E-state index contributed by atoms with van der Waals surface area (Å²) in [5.74, 6) is 0. The Morgan fingerprint density at radius 2 is 2.11 bits per heavy atom. The lowest BCUT2D eigenvalue weighted by atomic mass is 10.1. The van der Waals surface area contributed by atoms with Crippen LogP contribution in [0, 0.1) is 0 Å². The molecule has 2 atom stereocenters. The highest BCUT2D eigenvalue weighted by Gasteiger charge is 2.07. The van der Waals surface area contributed by atoms with Crippen LogP contribution >= 0.6 is 0 Å². The van der Waals surface area contributed by atoms with E-state index in [1.165, 1.54) is 0 Å². The molecule has 0 fully saturated rings. The minimum absolute atomic E-state index is 0.129. The van der Waals surface area contributed by atoms with E-state index in [9.17, 15) is 0 Å². The summed E-state index contributed by atoms with van der Waals surface area (Å²) in [6, 6.07) is -0.184. The predicted octanol–water partition coefficient (Wildman–Crippen LogP) is -0.533. The first kappa shape index (κ1) is 8.88. The fourth-order valence-electron chi connectivity index (χ4n) is 0.563. The summed E-state index contributed by atoms with van der Waals surface area (Å²) in [6.07, 6.45) is 0.758. The summed E-state index contributed by atoms with van der Waals surface area (Å²) >= 11 is 0. The molecule has 56 valence electrons. The summed E-state index contributed by atoms with van der Waals surface area (Å²) in [5, 5.41) is 17.4. The Morgan fingerprint density at radius 1 is 1.56 bits per heavy atom. The first-order valence-corrected chi connectivity index (χ1v) is 3.23. The van der Waals surface area contributed by atoms with Gasteiger partial charge in [-0.1, -0.05) is 0 Å². The van der Waals surface area contributed by atoms with E-state index in [0.717, 1.165) is 0 Å². The molecular formula is C6H15NO2. The summed E-state index contributed by atoms with van der Waals surface area (Å²) in [5.41, 5.74) is 5.35. The lowest BCUT2D eigenvalue weighted by molar-refractivity contribution is 0.129. The van der Waals surface area contributed by atoms with Gasteiger partial charge in [0, 0.05) is 12.6 Å². The van der Waals surface area contributed by atoms with Gasteiger partial charge >= 0.3 is 0 Å². The number of aliphatic hydroxyl groups excluding tert-OH is 2. The van der Waals surface area contributed by atoms with Crippen molar-refractivity contribution in [2.24, 2.45) is 5.73 Å². The fraction of sp³-hybridized carbons (Fsp3) is 1.00. The minimum Gasteiger partial charge on any atom is -0.396 e. The molecule has 3 heteroatoms. The summed E-state index contributed by atoms with van der Waals surface area (Å²) in [6.45, 7) is 1.88. The predicted molar refractivity (Wildman–Crippen MR) is 36.0 cm³/mol. The van der Waals surface area contributed by atoms with Crippen LogP contribution in [-0.2, 0) is 0 Å². The molecule has 1 unspecified atom stereocenters. The van der Waals surface area contributed by atoms with E-state index >= 15 is 0 Å². The van der Waals surface area contributed by atoms with Gasteiger partial charge in [-0.25, -0.2) is 0 Å². The molecule has 0 saturated carbocycles. The molecule has 0 aromatic heterocycles. The van der Waals surface area contributed by atoms with Crippen LogP contribution in [-0.4, -0.2) is 29.0 Å². The molecule has 9 heavy (non-hydrogen) atoms. The van der Waals surface area contributed by atoms with E-state index in [0.29, 0.717) is 12.8 Å². The molecular weight excluding hydrogens is 118 g/mol. The van der Waals surface area contributed by atoms with Crippen molar-refractivity contribution in [2.75, 3.05) is 6.61 Å². The molecule has 0 aliphatic carbocycles. The number of hydrogen-bond donors (Lipinski definition) is 3. The maximum Gasteiger partial charge on any atom is 0.0689 e. The number of rotatable bonds is 4. The standard InChI is InChI=1S/C6H15NO2/c1-5(7)6(9)3-2-4-8/h5-6,8-9H,2-4,7H2,1H3/t5?,6-/m0/s1. The second-order valence-corrected chi connectivity index (χ2v) is 2.29. The molecule has 0 heterocycles. The van der Waals surface area contributed by atoms with E-state index in [-0.39, 0.29) is 12.6 Å². The quantitative estimate of drug-likeness (QED) is 0.483. The Kier molecular flexibility index (Phi) is 4.67. The van der Waals surface area contributed by atoms with Crippen LogP contribution in [0.2, 0.25) is 0 Å². The Hall–Kier alpha value is -0.120. The number of hydrogen-bond acceptors (Lipinski definition) is 3. The second kappa shape index (κ2) is 4.73. The maximum atomic E-state index is 9.02. The maximum absolute atomic E-state index is 9.02. The van der Waals surface area contributed by atoms with Gasteiger partial charge in [0.2, 0.25) is 0 Å². The first-order chi connectivity index (χ1) is 4.18. The monoisotopic (exact) mass is 133 g/mol. The number of aliphatic hydroxyl groups is 2. The van der Waals surface area contributed by atoms with Crippen molar-refractivity contribution in [1.29, 1.82) is 0 Å². The van der Waals surface area contributed by atoms with Crippen molar-refractivity contribution in [3.8, 4) is 0 Å². The molecule has 0 amide bonds. The van der Waals surface area contributed by atoms with Gasteiger partial charge in [0.25, 0.3) is 0 Å². The third kappa shape index (κ3) is 4.39. The molecule has 0 bridgehead atoms. The first-order valence-electron chi connectivity index (χ1n) is 3.23. The van der Waals surface area contributed by atoms with Gasteiger partial charge in [0.15, 0.2) is 0 Å². The van der Waals surface area contributed by atoms with Gasteiger partial charge in [-0.15, -0.1) is 0 Å². The highest BCUT2D eigenvalue weighted by Crippen LogP contribution is 1.98. The van der Waals surface area contributed by atoms with Gasteiger partial charge in [-0.05, 0) is 19.8 Å². The third-order valence-corrected chi connectivity index (χ3v) is 1.26. The molecule has 0 saturated heterocycles. The molecule has 0 rings (SSSR count). The lowest BCUT2D eigenvalue weighted by Gasteiger charge is -2.12. The van der Waals surface area contributed by atoms with Crippen LogP contribution < -0.4 is 5.73 Å². The molecule has 0 aromatic rings. The van der Waals surface area contributed by atoms with E-state index in [1.807, 2.05) is 0 Å². The Bertz CT molecular complexity index is 66.1. The lowest BCUT2D eigenvalue weighted by Crippen LogP contribution is -2.31. The smallest absolute Gasteiger partial charge is 0.0689 e. The van der Waals surface area contributed by atoms with Crippen LogP contribution in [0.25, 0.3) is 0 Å². The molecule has 0 aliphatic heterocycles. The Morgan fingerprint density at radius 3 is 2.44 bits per heavy atom. The zero-order chi connectivity index (χ0) is 7.28. The largest absolute Gasteiger partial charge is 0.396 e. The molecule has 0 aromatic carbocycles. The average Bonchev–Trinajstić information content (AvgIpc) is 1.82. The minimum atomic E-state index is -0.461. The van der Waals surface area contributed by atoms with Gasteiger partial charge in [-0.3, -0.25) is 0 Å². The third-order valence-electron chi connectivity index (χ3n) is 1.26. The van der Waals surface area contributed by atoms with Crippen LogP contribution in [0.4, 0.5) is 0 Å². The summed E-state index contributed by atoms with van der Waals surface area (Å²) in [4.78, 5) is 0. The van der Waals surface area contributed by atoms with E-state index in [4.69, 9.17) is 15.9 Å².